The van der Waals surface area contributed by atoms with Crippen LogP contribution in [0.3, 0.4) is 0 Å². The van der Waals surface area contributed by atoms with Crippen molar-refractivity contribution >= 4 is 35.2 Å². The largest absolute Gasteiger partial charge is 0.462 e. The van der Waals surface area contributed by atoms with Gasteiger partial charge in [0.15, 0.2) is 5.84 Å². The molecule has 8 heteroatoms. The van der Waals surface area contributed by atoms with Crippen molar-refractivity contribution in [1.29, 1.82) is 0 Å². The quantitative estimate of drug-likeness (QED) is 0.672. The summed E-state index contributed by atoms with van der Waals surface area (Å²) in [5, 5.41) is 13.6. The van der Waals surface area contributed by atoms with Crippen molar-refractivity contribution in [3.8, 4) is 0 Å². The molecule has 1 aromatic heterocycles. The third-order valence-electron chi connectivity index (χ3n) is 3.95. The van der Waals surface area contributed by atoms with Crippen LogP contribution in [0.5, 0.6) is 0 Å². The van der Waals surface area contributed by atoms with Crippen LogP contribution < -0.4 is 5.32 Å². The molecule has 146 valence electrons. The third-order valence-corrected chi connectivity index (χ3v) is 5.29. The van der Waals surface area contributed by atoms with Crippen LogP contribution in [0.2, 0.25) is 5.02 Å². The van der Waals surface area contributed by atoms with Gasteiger partial charge in [-0.3, -0.25) is 9.98 Å². The number of pyridine rings is 1. The van der Waals surface area contributed by atoms with E-state index in [9.17, 15) is 9.90 Å². The van der Waals surface area contributed by atoms with E-state index < -0.39 is 12.0 Å². The zero-order valence-corrected chi connectivity index (χ0v) is 16.8. The molecule has 0 amide bonds. The number of nitrogens with zero attached hydrogens (tertiary/aromatic N) is 2. The topological polar surface area (TPSA) is 83.8 Å². The highest BCUT2D eigenvalue weighted by molar-refractivity contribution is 8.03. The molecular formula is C20H20ClN3O3S. The van der Waals surface area contributed by atoms with Gasteiger partial charge in [-0.2, -0.15) is 0 Å². The highest BCUT2D eigenvalue weighted by atomic mass is 35.5. The van der Waals surface area contributed by atoms with Gasteiger partial charge in [0.05, 0.1) is 23.8 Å². The first-order chi connectivity index (χ1) is 13.7. The zero-order chi connectivity index (χ0) is 19.9. The molecule has 1 aromatic carbocycles. The Morgan fingerprint density at radius 3 is 2.75 bits per heavy atom. The predicted octanol–water partition coefficient (Wildman–Crippen LogP) is 3.33. The molecule has 0 saturated carbocycles. The van der Waals surface area contributed by atoms with Crippen molar-refractivity contribution in [3.63, 3.8) is 0 Å². The lowest BCUT2D eigenvalue weighted by atomic mass is 9.98. The number of rotatable bonds is 7. The van der Waals surface area contributed by atoms with E-state index in [0.717, 1.165) is 0 Å². The summed E-state index contributed by atoms with van der Waals surface area (Å²) < 4.78 is 5.28. The number of amidine groups is 1. The van der Waals surface area contributed by atoms with Crippen molar-refractivity contribution in [2.24, 2.45) is 4.99 Å². The minimum atomic E-state index is -0.646. The van der Waals surface area contributed by atoms with E-state index in [0.29, 0.717) is 38.5 Å². The monoisotopic (exact) mass is 417 g/mol. The molecule has 0 saturated heterocycles. The zero-order valence-electron chi connectivity index (χ0n) is 15.3. The Bertz CT molecular complexity index is 903. The molecule has 6 nitrogen and oxygen atoms in total. The molecule has 1 aliphatic rings. The second kappa shape index (κ2) is 9.73. The molecule has 28 heavy (non-hydrogen) atoms. The Morgan fingerprint density at radius 2 is 2.07 bits per heavy atom. The van der Waals surface area contributed by atoms with Crippen molar-refractivity contribution < 1.29 is 14.6 Å². The van der Waals surface area contributed by atoms with Gasteiger partial charge in [-0.05, 0) is 25.1 Å². The number of esters is 1. The Kier molecular flexibility index (Phi) is 7.08. The number of aliphatic imine (C=N–C) groups is 1. The summed E-state index contributed by atoms with van der Waals surface area (Å²) in [6, 6.07) is 12.1. The van der Waals surface area contributed by atoms with Gasteiger partial charge in [-0.15, -0.1) is 11.8 Å². The maximum absolute atomic E-state index is 12.8. The van der Waals surface area contributed by atoms with Crippen molar-refractivity contribution in [3.05, 3.63) is 75.5 Å². The van der Waals surface area contributed by atoms with Gasteiger partial charge in [0, 0.05) is 22.5 Å². The summed E-state index contributed by atoms with van der Waals surface area (Å²) in [5.41, 5.74) is 1.71. The van der Waals surface area contributed by atoms with Crippen LogP contribution in [-0.4, -0.2) is 40.9 Å². The second-order valence-electron chi connectivity index (χ2n) is 5.78. The van der Waals surface area contributed by atoms with Crippen LogP contribution in [0.1, 0.15) is 24.2 Å². The minimum absolute atomic E-state index is 0.0290. The number of aliphatic hydroxyl groups is 1. The SMILES string of the molecule is CCOC(=O)C1=C(SCCO)NC(c2ccccn2)=NC1c1ccccc1Cl. The maximum atomic E-state index is 12.8. The van der Waals surface area contributed by atoms with E-state index in [4.69, 9.17) is 21.3 Å². The van der Waals surface area contributed by atoms with Crippen LogP contribution in [0.25, 0.3) is 0 Å². The lowest BCUT2D eigenvalue weighted by Crippen LogP contribution is -2.33. The van der Waals surface area contributed by atoms with Gasteiger partial charge >= 0.3 is 5.97 Å². The van der Waals surface area contributed by atoms with E-state index >= 15 is 0 Å². The number of hydrogen-bond acceptors (Lipinski definition) is 7. The van der Waals surface area contributed by atoms with Crippen molar-refractivity contribution in [2.75, 3.05) is 19.0 Å². The van der Waals surface area contributed by atoms with Crippen molar-refractivity contribution in [2.45, 2.75) is 13.0 Å². The normalized spacial score (nSPS) is 16.4. The van der Waals surface area contributed by atoms with Crippen LogP contribution >= 0.6 is 23.4 Å². The predicted molar refractivity (Wildman–Crippen MR) is 111 cm³/mol. The van der Waals surface area contributed by atoms with Crippen LogP contribution in [0.15, 0.2) is 64.3 Å². The first-order valence-electron chi connectivity index (χ1n) is 8.81. The van der Waals surface area contributed by atoms with E-state index in [1.807, 2.05) is 36.4 Å². The fourth-order valence-corrected chi connectivity index (χ4v) is 3.81. The van der Waals surface area contributed by atoms with Crippen LogP contribution in [0, 0.1) is 0 Å². The summed E-state index contributed by atoms with van der Waals surface area (Å²) in [5.74, 6) is 0.471. The number of thioether (sulfide) groups is 1. The summed E-state index contributed by atoms with van der Waals surface area (Å²) in [7, 11) is 0. The third kappa shape index (κ3) is 4.55. The molecule has 2 N–H and O–H groups in total. The fraction of sp³-hybridized carbons (Fsp3) is 0.250. The smallest absolute Gasteiger partial charge is 0.339 e. The first kappa shape index (κ1) is 20.4. The minimum Gasteiger partial charge on any atom is -0.462 e. The number of ether oxygens (including phenoxy) is 1. The molecule has 1 atom stereocenters. The van der Waals surface area contributed by atoms with E-state index in [1.54, 1.807) is 19.2 Å². The molecular weight excluding hydrogens is 398 g/mol. The molecule has 2 aromatic rings. The van der Waals surface area contributed by atoms with E-state index in [-0.39, 0.29) is 13.2 Å². The van der Waals surface area contributed by atoms with E-state index in [2.05, 4.69) is 10.3 Å². The lowest BCUT2D eigenvalue weighted by molar-refractivity contribution is -0.138. The molecule has 0 fully saturated rings. The Hall–Kier alpha value is -2.35. The molecule has 0 bridgehead atoms. The number of carbonyl (C=O) groups is 1. The molecule has 2 heterocycles. The number of hydrogen-bond donors (Lipinski definition) is 2. The second-order valence-corrected chi connectivity index (χ2v) is 7.29. The Labute approximate surface area is 172 Å². The lowest BCUT2D eigenvalue weighted by Gasteiger charge is -2.27. The Balaban J connectivity index is 2.14. The highest BCUT2D eigenvalue weighted by Crippen LogP contribution is 2.38. The average Bonchev–Trinajstić information content (AvgIpc) is 2.72. The number of benzene rings is 1. The molecule has 0 aliphatic carbocycles. The summed E-state index contributed by atoms with van der Waals surface area (Å²) in [4.78, 5) is 21.9. The number of carbonyl (C=O) groups excluding carboxylic acids is 1. The molecule has 0 radical (unpaired) electrons. The number of nitrogens with one attached hydrogen (secondary N) is 1. The summed E-state index contributed by atoms with van der Waals surface area (Å²) in [6.07, 6.45) is 1.68. The maximum Gasteiger partial charge on any atom is 0.339 e. The van der Waals surface area contributed by atoms with Crippen LogP contribution in [-0.2, 0) is 9.53 Å². The van der Waals surface area contributed by atoms with Gasteiger partial charge in [0.2, 0.25) is 0 Å². The van der Waals surface area contributed by atoms with Crippen LogP contribution in [0.4, 0.5) is 0 Å². The molecule has 1 aliphatic heterocycles. The van der Waals surface area contributed by atoms with Gasteiger partial charge in [0.25, 0.3) is 0 Å². The fourth-order valence-electron chi connectivity index (χ4n) is 2.75. The number of aromatic nitrogens is 1. The van der Waals surface area contributed by atoms with Gasteiger partial charge < -0.3 is 15.2 Å². The highest BCUT2D eigenvalue weighted by Gasteiger charge is 2.33. The molecule has 0 spiro atoms. The number of aliphatic hydroxyl groups excluding tert-OH is 1. The first-order valence-corrected chi connectivity index (χ1v) is 10.2. The molecule has 3 rings (SSSR count). The van der Waals surface area contributed by atoms with E-state index in [1.165, 1.54) is 11.8 Å². The number of halogens is 1. The van der Waals surface area contributed by atoms with Crippen molar-refractivity contribution in [1.82, 2.24) is 10.3 Å². The Morgan fingerprint density at radius 1 is 1.29 bits per heavy atom. The molecule has 1 unspecified atom stereocenters. The van der Waals surface area contributed by atoms with Gasteiger partial charge in [0.1, 0.15) is 11.7 Å². The average molecular weight is 418 g/mol. The summed E-state index contributed by atoms with van der Waals surface area (Å²) >= 11 is 7.75. The standard InChI is InChI=1S/C20H20ClN3O3S/c1-2-27-20(26)16-17(13-7-3-4-8-14(13)21)23-18(15-9-5-6-10-22-15)24-19(16)28-12-11-25/h3-10,17,25H,2,11-12H2,1H3,(H,23,24). The van der Waals surface area contributed by atoms with Gasteiger partial charge in [-0.25, -0.2) is 4.79 Å². The van der Waals surface area contributed by atoms with Gasteiger partial charge in [-0.1, -0.05) is 35.9 Å². The summed E-state index contributed by atoms with van der Waals surface area (Å²) in [6.45, 7) is 1.97.